The lowest BCUT2D eigenvalue weighted by molar-refractivity contribution is 0.0928. The average molecular weight is 306 g/mol. The molecule has 0 unspecified atom stereocenters. The van der Waals surface area contributed by atoms with Crippen molar-refractivity contribution in [2.24, 2.45) is 0 Å². The Bertz CT molecular complexity index is 728. The van der Waals surface area contributed by atoms with E-state index in [9.17, 15) is 4.79 Å². The van der Waals surface area contributed by atoms with Gasteiger partial charge in [0.2, 0.25) is 0 Å². The Morgan fingerprint density at radius 1 is 1.00 bits per heavy atom. The second-order valence-electron chi connectivity index (χ2n) is 5.11. The van der Waals surface area contributed by atoms with E-state index in [0.29, 0.717) is 5.69 Å². The number of benzene rings is 2. The van der Waals surface area contributed by atoms with Gasteiger partial charge in [0.15, 0.2) is 0 Å². The molecule has 2 aromatic carbocycles. The van der Waals surface area contributed by atoms with Crippen LogP contribution in [0.2, 0.25) is 0 Å². The third-order valence-corrected chi connectivity index (χ3v) is 3.65. The third-order valence-electron chi connectivity index (χ3n) is 3.65. The van der Waals surface area contributed by atoms with E-state index >= 15 is 0 Å². The lowest BCUT2D eigenvalue weighted by atomic mass is 9.98. The zero-order chi connectivity index (χ0) is 16.1. The minimum atomic E-state index is -0.220. The summed E-state index contributed by atoms with van der Waals surface area (Å²) in [5.41, 5.74) is 7.94. The number of hydrogen-bond donors (Lipinski definition) is 2. The summed E-state index contributed by atoms with van der Waals surface area (Å²) in [6.45, 7) is 0. The largest absolute Gasteiger partial charge is 0.315 e. The van der Waals surface area contributed by atoms with E-state index in [1.165, 1.54) is 0 Å². The Morgan fingerprint density at radius 3 is 2.09 bits per heavy atom. The van der Waals surface area contributed by atoms with Crippen molar-refractivity contribution in [2.75, 3.05) is 7.05 Å². The van der Waals surface area contributed by atoms with Crippen LogP contribution < -0.4 is 10.9 Å². The molecule has 0 spiro atoms. The number of aromatic nitrogens is 2. The fourth-order valence-electron chi connectivity index (χ4n) is 2.65. The van der Waals surface area contributed by atoms with Gasteiger partial charge in [-0.3, -0.25) is 10.2 Å². The molecule has 0 saturated carbocycles. The summed E-state index contributed by atoms with van der Waals surface area (Å²) in [7, 11) is 1.66. The van der Waals surface area contributed by atoms with Gasteiger partial charge >= 0.3 is 0 Å². The second-order valence-corrected chi connectivity index (χ2v) is 5.11. The van der Waals surface area contributed by atoms with Gasteiger partial charge in [-0.1, -0.05) is 60.7 Å². The number of carbonyl (C=O) groups excluding carboxylic acids is 1. The first-order valence-corrected chi connectivity index (χ1v) is 7.40. The van der Waals surface area contributed by atoms with Gasteiger partial charge in [-0.2, -0.15) is 0 Å². The Hall–Kier alpha value is -2.92. The maximum absolute atomic E-state index is 12.3. The van der Waals surface area contributed by atoms with Gasteiger partial charge in [-0.05, 0) is 11.1 Å². The molecule has 0 atom stereocenters. The lowest BCUT2D eigenvalue weighted by Gasteiger charge is -2.21. The number of hydrazine groups is 1. The van der Waals surface area contributed by atoms with Crippen LogP contribution in [0.4, 0.5) is 0 Å². The molecule has 1 amide bonds. The first-order chi connectivity index (χ1) is 11.3. The molecular formula is C18H18N4O. The van der Waals surface area contributed by atoms with Gasteiger partial charge in [0.1, 0.15) is 5.69 Å². The highest BCUT2D eigenvalue weighted by Gasteiger charge is 2.21. The van der Waals surface area contributed by atoms with Gasteiger partial charge in [0.25, 0.3) is 5.91 Å². The van der Waals surface area contributed by atoms with Crippen LogP contribution in [0.1, 0.15) is 27.7 Å². The molecule has 1 aromatic heterocycles. The minimum absolute atomic E-state index is 0.113. The Kier molecular flexibility index (Phi) is 4.49. The van der Waals surface area contributed by atoms with Gasteiger partial charge < -0.3 is 4.57 Å². The molecule has 0 radical (unpaired) electrons. The molecule has 1 heterocycles. The standard InChI is InChI=1S/C18H18N4O/c1-19-21-18(23)16-12-20-13-22(16)17(14-8-4-2-5-9-14)15-10-6-3-7-11-15/h2-13,17,19H,1H3,(H,21,23). The van der Waals surface area contributed by atoms with E-state index < -0.39 is 0 Å². The van der Waals surface area contributed by atoms with Crippen LogP contribution >= 0.6 is 0 Å². The Morgan fingerprint density at radius 2 is 1.57 bits per heavy atom. The number of carbonyl (C=O) groups is 1. The maximum Gasteiger partial charge on any atom is 0.283 e. The van der Waals surface area contributed by atoms with Crippen LogP contribution in [0.25, 0.3) is 0 Å². The third kappa shape index (κ3) is 3.14. The molecule has 0 aliphatic rings. The molecule has 3 rings (SSSR count). The summed E-state index contributed by atoms with van der Waals surface area (Å²) >= 11 is 0. The molecule has 2 N–H and O–H groups in total. The SMILES string of the molecule is CNNC(=O)c1cncn1C(c1ccccc1)c1ccccc1. The molecule has 0 aliphatic heterocycles. The van der Waals surface area contributed by atoms with Crippen molar-refractivity contribution in [3.05, 3.63) is 90.0 Å². The van der Waals surface area contributed by atoms with Crippen LogP contribution in [0.5, 0.6) is 0 Å². The summed E-state index contributed by atoms with van der Waals surface area (Å²) in [6.07, 6.45) is 3.26. The number of amides is 1. The highest BCUT2D eigenvalue weighted by atomic mass is 16.2. The Balaban J connectivity index is 2.11. The number of hydrogen-bond acceptors (Lipinski definition) is 3. The van der Waals surface area contributed by atoms with Crippen LogP contribution in [0, 0.1) is 0 Å². The average Bonchev–Trinajstić information content (AvgIpc) is 3.07. The van der Waals surface area contributed by atoms with Crippen molar-refractivity contribution in [3.8, 4) is 0 Å². The van der Waals surface area contributed by atoms with Crippen molar-refractivity contribution >= 4 is 5.91 Å². The number of nitrogens with zero attached hydrogens (tertiary/aromatic N) is 2. The van der Waals surface area contributed by atoms with Crippen molar-refractivity contribution in [1.82, 2.24) is 20.4 Å². The number of nitrogens with one attached hydrogen (secondary N) is 2. The van der Waals surface area contributed by atoms with Crippen molar-refractivity contribution in [3.63, 3.8) is 0 Å². The monoisotopic (exact) mass is 306 g/mol. The van der Waals surface area contributed by atoms with E-state index in [-0.39, 0.29) is 11.9 Å². The first-order valence-electron chi connectivity index (χ1n) is 7.40. The first kappa shape index (κ1) is 15.0. The predicted octanol–water partition coefficient (Wildman–Crippen LogP) is 2.38. The molecule has 0 aliphatic carbocycles. The van der Waals surface area contributed by atoms with Crippen molar-refractivity contribution < 1.29 is 4.79 Å². The minimum Gasteiger partial charge on any atom is -0.315 e. The lowest BCUT2D eigenvalue weighted by Crippen LogP contribution is -2.36. The summed E-state index contributed by atoms with van der Waals surface area (Å²) < 4.78 is 1.89. The van der Waals surface area contributed by atoms with Crippen LogP contribution in [-0.4, -0.2) is 22.5 Å². The fourth-order valence-corrected chi connectivity index (χ4v) is 2.65. The molecule has 23 heavy (non-hydrogen) atoms. The van der Waals surface area contributed by atoms with E-state index in [2.05, 4.69) is 40.1 Å². The van der Waals surface area contributed by atoms with Gasteiger partial charge in [0.05, 0.1) is 18.6 Å². The van der Waals surface area contributed by atoms with E-state index in [0.717, 1.165) is 11.1 Å². The highest BCUT2D eigenvalue weighted by molar-refractivity contribution is 5.92. The summed E-state index contributed by atoms with van der Waals surface area (Å²) in [5, 5.41) is 0. The van der Waals surface area contributed by atoms with Crippen LogP contribution in [0.15, 0.2) is 73.2 Å². The molecule has 0 fully saturated rings. The molecular weight excluding hydrogens is 288 g/mol. The topological polar surface area (TPSA) is 58.9 Å². The van der Waals surface area contributed by atoms with Crippen molar-refractivity contribution in [2.45, 2.75) is 6.04 Å². The molecule has 0 saturated heterocycles. The van der Waals surface area contributed by atoms with Gasteiger partial charge in [0, 0.05) is 7.05 Å². The predicted molar refractivity (Wildman–Crippen MR) is 88.9 cm³/mol. The van der Waals surface area contributed by atoms with E-state index in [1.54, 1.807) is 19.6 Å². The molecule has 0 bridgehead atoms. The smallest absolute Gasteiger partial charge is 0.283 e. The van der Waals surface area contributed by atoms with E-state index in [4.69, 9.17) is 0 Å². The normalized spacial score (nSPS) is 10.7. The Labute approximate surface area is 135 Å². The zero-order valence-corrected chi connectivity index (χ0v) is 12.8. The van der Waals surface area contributed by atoms with Crippen LogP contribution in [-0.2, 0) is 0 Å². The van der Waals surface area contributed by atoms with Gasteiger partial charge in [-0.15, -0.1) is 0 Å². The molecule has 5 nitrogen and oxygen atoms in total. The quantitative estimate of drug-likeness (QED) is 0.712. The van der Waals surface area contributed by atoms with Crippen molar-refractivity contribution in [1.29, 1.82) is 0 Å². The second kappa shape index (κ2) is 6.89. The summed E-state index contributed by atoms with van der Waals surface area (Å²) in [5.74, 6) is -0.220. The van der Waals surface area contributed by atoms with Crippen LogP contribution in [0.3, 0.4) is 0 Å². The highest BCUT2D eigenvalue weighted by Crippen LogP contribution is 2.27. The van der Waals surface area contributed by atoms with Gasteiger partial charge in [-0.25, -0.2) is 10.4 Å². The van der Waals surface area contributed by atoms with E-state index in [1.807, 2.05) is 41.0 Å². The summed E-state index contributed by atoms with van der Waals surface area (Å²) in [4.78, 5) is 16.4. The summed E-state index contributed by atoms with van der Waals surface area (Å²) in [6, 6.07) is 20.0. The zero-order valence-electron chi connectivity index (χ0n) is 12.8. The number of rotatable bonds is 5. The number of imidazole rings is 1. The molecule has 116 valence electrons. The maximum atomic E-state index is 12.3. The molecule has 3 aromatic rings. The molecule has 5 heteroatoms. The fraction of sp³-hybridized carbons (Fsp3) is 0.111.